The second-order valence-corrected chi connectivity index (χ2v) is 5.43. The van der Waals surface area contributed by atoms with Gasteiger partial charge in [-0.05, 0) is 36.3 Å². The first kappa shape index (κ1) is 17.8. The van der Waals surface area contributed by atoms with Crippen molar-refractivity contribution >= 4 is 28.9 Å². The lowest BCUT2D eigenvalue weighted by Crippen LogP contribution is -2.40. The molecule has 0 bridgehead atoms. The predicted molar refractivity (Wildman–Crippen MR) is 93.7 cm³/mol. The van der Waals surface area contributed by atoms with Crippen molar-refractivity contribution in [2.24, 2.45) is 0 Å². The topological polar surface area (TPSA) is 53.2 Å². The lowest BCUT2D eigenvalue weighted by molar-refractivity contribution is -0.115. The van der Waals surface area contributed by atoms with Crippen molar-refractivity contribution in [3.05, 3.63) is 65.7 Å². The lowest BCUT2D eigenvalue weighted by Gasteiger charge is -2.11. The maximum absolute atomic E-state index is 13.1. The van der Waals surface area contributed by atoms with Crippen LogP contribution < -0.4 is 16.0 Å². The SMILES string of the molecule is O=C(CNC(=S)NCCc1ccccc1)Nc1ccc(F)c(F)c1. The van der Waals surface area contributed by atoms with Gasteiger partial charge in [0.05, 0.1) is 6.54 Å². The summed E-state index contributed by atoms with van der Waals surface area (Å²) in [5.74, 6) is -2.39. The standard InChI is InChI=1S/C17H17F2N3OS/c18-14-7-6-13(10-15(14)19)22-16(23)11-21-17(24)20-9-8-12-4-2-1-3-5-12/h1-7,10H,8-9,11H2,(H,22,23)(H2,20,21,24). The van der Waals surface area contributed by atoms with E-state index in [9.17, 15) is 13.6 Å². The van der Waals surface area contributed by atoms with E-state index in [1.165, 1.54) is 11.6 Å². The summed E-state index contributed by atoms with van der Waals surface area (Å²) in [5, 5.41) is 8.56. The second kappa shape index (κ2) is 8.93. The first-order chi connectivity index (χ1) is 11.5. The second-order valence-electron chi connectivity index (χ2n) is 5.02. The van der Waals surface area contributed by atoms with E-state index in [0.717, 1.165) is 18.6 Å². The number of hydrogen-bond acceptors (Lipinski definition) is 2. The van der Waals surface area contributed by atoms with Crippen LogP contribution >= 0.6 is 12.2 Å². The molecule has 0 aliphatic carbocycles. The Morgan fingerprint density at radius 1 is 1.00 bits per heavy atom. The molecule has 1 amide bonds. The molecule has 24 heavy (non-hydrogen) atoms. The van der Waals surface area contributed by atoms with Crippen LogP contribution in [0.1, 0.15) is 5.56 Å². The molecular weight excluding hydrogens is 332 g/mol. The molecule has 0 fully saturated rings. The quantitative estimate of drug-likeness (QED) is 0.702. The van der Waals surface area contributed by atoms with Gasteiger partial charge in [-0.2, -0.15) is 0 Å². The van der Waals surface area contributed by atoms with Crippen molar-refractivity contribution in [2.75, 3.05) is 18.4 Å². The smallest absolute Gasteiger partial charge is 0.243 e. The summed E-state index contributed by atoms with van der Waals surface area (Å²) >= 11 is 5.08. The summed E-state index contributed by atoms with van der Waals surface area (Å²) in [6, 6.07) is 13.1. The fraction of sp³-hybridized carbons (Fsp3) is 0.176. The Kier molecular flexibility index (Phi) is 6.62. The van der Waals surface area contributed by atoms with Crippen molar-refractivity contribution < 1.29 is 13.6 Å². The van der Waals surface area contributed by atoms with E-state index in [0.29, 0.717) is 11.7 Å². The molecule has 2 aromatic carbocycles. The number of halogens is 2. The summed E-state index contributed by atoms with van der Waals surface area (Å²) in [4.78, 5) is 11.7. The lowest BCUT2D eigenvalue weighted by atomic mass is 10.1. The average Bonchev–Trinajstić information content (AvgIpc) is 2.57. The van der Waals surface area contributed by atoms with E-state index in [-0.39, 0.29) is 12.2 Å². The van der Waals surface area contributed by atoms with Crippen LogP contribution in [0.4, 0.5) is 14.5 Å². The molecule has 3 N–H and O–H groups in total. The van der Waals surface area contributed by atoms with Crippen molar-refractivity contribution in [3.8, 4) is 0 Å². The van der Waals surface area contributed by atoms with Crippen molar-refractivity contribution in [3.63, 3.8) is 0 Å². The van der Waals surface area contributed by atoms with E-state index in [4.69, 9.17) is 12.2 Å². The molecule has 0 saturated heterocycles. The van der Waals surface area contributed by atoms with Gasteiger partial charge in [0.2, 0.25) is 5.91 Å². The Labute approximate surface area is 144 Å². The average molecular weight is 349 g/mol. The predicted octanol–water partition coefficient (Wildman–Crippen LogP) is 2.61. The molecule has 2 aromatic rings. The Bertz CT molecular complexity index is 710. The van der Waals surface area contributed by atoms with Crippen LogP contribution in [-0.4, -0.2) is 24.1 Å². The van der Waals surface area contributed by atoms with Crippen molar-refractivity contribution in [1.29, 1.82) is 0 Å². The third-order valence-electron chi connectivity index (χ3n) is 3.15. The fourth-order valence-electron chi connectivity index (χ4n) is 1.97. The summed E-state index contributed by atoms with van der Waals surface area (Å²) < 4.78 is 25.9. The molecular formula is C17H17F2N3OS. The number of anilines is 1. The summed E-state index contributed by atoms with van der Waals surface area (Å²) in [5.41, 5.74) is 1.37. The van der Waals surface area contributed by atoms with Gasteiger partial charge in [0.25, 0.3) is 0 Å². The number of nitrogens with one attached hydrogen (secondary N) is 3. The molecule has 0 aliphatic rings. The molecule has 126 valence electrons. The highest BCUT2D eigenvalue weighted by Gasteiger charge is 2.06. The maximum atomic E-state index is 13.1. The highest BCUT2D eigenvalue weighted by atomic mass is 32.1. The van der Waals surface area contributed by atoms with Gasteiger partial charge < -0.3 is 16.0 Å². The summed E-state index contributed by atoms with van der Waals surface area (Å²) in [7, 11) is 0. The molecule has 7 heteroatoms. The Morgan fingerprint density at radius 3 is 2.46 bits per heavy atom. The minimum absolute atomic E-state index is 0.0732. The van der Waals surface area contributed by atoms with Crippen LogP contribution in [-0.2, 0) is 11.2 Å². The van der Waals surface area contributed by atoms with Crippen LogP contribution in [0, 0.1) is 11.6 Å². The molecule has 0 aromatic heterocycles. The zero-order valence-corrected chi connectivity index (χ0v) is 13.6. The molecule has 0 unspecified atom stereocenters. The number of carbonyl (C=O) groups is 1. The molecule has 0 radical (unpaired) electrons. The molecule has 4 nitrogen and oxygen atoms in total. The van der Waals surface area contributed by atoms with E-state index in [2.05, 4.69) is 16.0 Å². The van der Waals surface area contributed by atoms with Crippen LogP contribution in [0.25, 0.3) is 0 Å². The van der Waals surface area contributed by atoms with E-state index < -0.39 is 17.5 Å². The van der Waals surface area contributed by atoms with E-state index in [1.54, 1.807) is 0 Å². The monoisotopic (exact) mass is 349 g/mol. The molecule has 0 atom stereocenters. The van der Waals surface area contributed by atoms with Gasteiger partial charge in [0.15, 0.2) is 16.7 Å². The van der Waals surface area contributed by atoms with Crippen LogP contribution in [0.2, 0.25) is 0 Å². The fourth-order valence-corrected chi connectivity index (χ4v) is 2.14. The number of carbonyl (C=O) groups excluding carboxylic acids is 1. The molecule has 0 aliphatic heterocycles. The highest BCUT2D eigenvalue weighted by molar-refractivity contribution is 7.80. The number of benzene rings is 2. The minimum Gasteiger partial charge on any atom is -0.362 e. The minimum atomic E-state index is -1.01. The zero-order chi connectivity index (χ0) is 17.4. The summed E-state index contributed by atoms with van der Waals surface area (Å²) in [6.07, 6.45) is 0.809. The molecule has 0 saturated carbocycles. The van der Waals surface area contributed by atoms with E-state index >= 15 is 0 Å². The van der Waals surface area contributed by atoms with Gasteiger partial charge in [-0.1, -0.05) is 30.3 Å². The largest absolute Gasteiger partial charge is 0.362 e. The molecule has 0 spiro atoms. The van der Waals surface area contributed by atoms with Gasteiger partial charge in [-0.3, -0.25) is 4.79 Å². The van der Waals surface area contributed by atoms with Crippen molar-refractivity contribution in [1.82, 2.24) is 10.6 Å². The number of amides is 1. The first-order valence-corrected chi connectivity index (χ1v) is 7.76. The van der Waals surface area contributed by atoms with Crippen LogP contribution in [0.5, 0.6) is 0 Å². The number of rotatable bonds is 6. The Hall–Kier alpha value is -2.54. The van der Waals surface area contributed by atoms with Crippen LogP contribution in [0.3, 0.4) is 0 Å². The summed E-state index contributed by atoms with van der Waals surface area (Å²) in [6.45, 7) is 0.566. The first-order valence-electron chi connectivity index (χ1n) is 7.35. The normalized spacial score (nSPS) is 10.1. The number of hydrogen-bond donors (Lipinski definition) is 3. The van der Waals surface area contributed by atoms with Gasteiger partial charge in [0.1, 0.15) is 0 Å². The van der Waals surface area contributed by atoms with Gasteiger partial charge >= 0.3 is 0 Å². The van der Waals surface area contributed by atoms with Gasteiger partial charge in [0, 0.05) is 18.3 Å². The van der Waals surface area contributed by atoms with Gasteiger partial charge in [-0.15, -0.1) is 0 Å². The van der Waals surface area contributed by atoms with Crippen LogP contribution in [0.15, 0.2) is 48.5 Å². The highest BCUT2D eigenvalue weighted by Crippen LogP contribution is 2.12. The number of thiocarbonyl (C=S) groups is 1. The zero-order valence-electron chi connectivity index (χ0n) is 12.8. The maximum Gasteiger partial charge on any atom is 0.243 e. The third kappa shape index (κ3) is 5.92. The molecule has 2 rings (SSSR count). The van der Waals surface area contributed by atoms with Crippen molar-refractivity contribution in [2.45, 2.75) is 6.42 Å². The Morgan fingerprint density at radius 2 is 1.75 bits per heavy atom. The Balaban J connectivity index is 1.67. The molecule has 0 heterocycles. The van der Waals surface area contributed by atoms with Gasteiger partial charge in [-0.25, -0.2) is 8.78 Å². The third-order valence-corrected chi connectivity index (χ3v) is 3.44. The van der Waals surface area contributed by atoms with E-state index in [1.807, 2.05) is 30.3 Å².